The molecule has 0 aliphatic carbocycles. The van der Waals surface area contributed by atoms with Gasteiger partial charge < -0.3 is 14.4 Å². The normalized spacial score (nSPS) is 11.0. The molecule has 28 heavy (non-hydrogen) atoms. The summed E-state index contributed by atoms with van der Waals surface area (Å²) in [6.07, 6.45) is -0.358. The molecule has 0 amide bonds. The van der Waals surface area contributed by atoms with Gasteiger partial charge in [-0.15, -0.1) is 0 Å². The van der Waals surface area contributed by atoms with Crippen LogP contribution in [0.3, 0.4) is 0 Å². The minimum Gasteiger partial charge on any atom is -0.349 e. The molecule has 0 spiro atoms. The van der Waals surface area contributed by atoms with Crippen LogP contribution in [0.4, 0.5) is 17.1 Å². The molecule has 0 saturated carbocycles. The van der Waals surface area contributed by atoms with Crippen molar-refractivity contribution in [2.24, 2.45) is 0 Å². The molecule has 0 heterocycles. The zero-order valence-corrected chi connectivity index (χ0v) is 17.7. The van der Waals surface area contributed by atoms with Crippen molar-refractivity contribution in [3.05, 3.63) is 83.9 Å². The first kappa shape index (κ1) is 20.3. The third-order valence-corrected chi connectivity index (χ3v) is 4.88. The smallest absolute Gasteiger partial charge is 0.183 e. The quantitative estimate of drug-likeness (QED) is 0.384. The lowest BCUT2D eigenvalue weighted by Gasteiger charge is -2.28. The molecule has 0 saturated heterocycles. The van der Waals surface area contributed by atoms with Crippen LogP contribution in [0.1, 0.15) is 31.3 Å². The van der Waals surface area contributed by atoms with Crippen molar-refractivity contribution in [1.82, 2.24) is 0 Å². The fourth-order valence-corrected chi connectivity index (χ4v) is 3.50. The summed E-state index contributed by atoms with van der Waals surface area (Å²) in [6.45, 7) is 7.25. The molecule has 0 bridgehead atoms. The molecule has 143 valence electrons. The molecule has 0 fully saturated rings. The molecule has 0 unspecified atom stereocenters. The number of ether oxygens (including phenoxy) is 2. The molecule has 3 aromatic rings. The van der Waals surface area contributed by atoms with Crippen LogP contribution in [-0.2, 0) is 9.47 Å². The van der Waals surface area contributed by atoms with Gasteiger partial charge in [-0.2, -0.15) is 0 Å². The average Bonchev–Trinajstić information content (AvgIpc) is 2.71. The van der Waals surface area contributed by atoms with E-state index >= 15 is 0 Å². The number of hydrogen-bond acceptors (Lipinski definition) is 3. The highest BCUT2D eigenvalue weighted by Gasteiger charge is 2.17. The van der Waals surface area contributed by atoms with Crippen molar-refractivity contribution in [1.29, 1.82) is 0 Å². The Hall–Kier alpha value is -2.40. The van der Waals surface area contributed by atoms with Gasteiger partial charge in [0, 0.05) is 35.8 Å². The van der Waals surface area contributed by atoms with Gasteiger partial charge in [-0.25, -0.2) is 0 Å². The largest absolute Gasteiger partial charge is 0.349 e. The maximum Gasteiger partial charge on any atom is 0.183 e. The van der Waals surface area contributed by atoms with Crippen LogP contribution >= 0.6 is 0 Å². The van der Waals surface area contributed by atoms with E-state index in [2.05, 4.69) is 88.8 Å². The van der Waals surface area contributed by atoms with E-state index in [1.807, 2.05) is 19.9 Å². The molecule has 0 aliphatic rings. The third kappa shape index (κ3) is 4.71. The van der Waals surface area contributed by atoms with Crippen LogP contribution in [0.5, 0.6) is 0 Å². The first-order valence-electron chi connectivity index (χ1n) is 9.64. The van der Waals surface area contributed by atoms with Crippen molar-refractivity contribution in [2.45, 2.75) is 27.1 Å². The van der Waals surface area contributed by atoms with Gasteiger partial charge in [-0.1, -0.05) is 48.0 Å². The number of nitrogens with zero attached hydrogens (tertiary/aromatic N) is 1. The van der Waals surface area contributed by atoms with E-state index in [-0.39, 0.29) is 6.29 Å². The van der Waals surface area contributed by atoms with Gasteiger partial charge in [0.15, 0.2) is 6.29 Å². The Morgan fingerprint density at radius 3 is 2.00 bits per heavy atom. The highest BCUT2D eigenvalue weighted by molar-refractivity contribution is 6.36. The topological polar surface area (TPSA) is 21.7 Å². The van der Waals surface area contributed by atoms with Crippen LogP contribution < -0.4 is 10.1 Å². The predicted octanol–water partition coefficient (Wildman–Crippen LogP) is 5.33. The van der Waals surface area contributed by atoms with Gasteiger partial charge in [0.1, 0.15) is 0 Å². The minimum absolute atomic E-state index is 0.358. The van der Waals surface area contributed by atoms with E-state index in [0.29, 0.717) is 13.2 Å². The summed E-state index contributed by atoms with van der Waals surface area (Å²) in [7, 11) is 3.84. The highest BCUT2D eigenvalue weighted by atomic mass is 28.1. The van der Waals surface area contributed by atoms with E-state index in [1.165, 1.54) is 5.56 Å². The highest BCUT2D eigenvalue weighted by Crippen LogP contribution is 2.34. The second-order valence-corrected chi connectivity index (χ2v) is 7.06. The first-order valence-corrected chi connectivity index (χ1v) is 10.1. The molecule has 3 rings (SSSR count). The number of para-hydroxylation sites is 1. The monoisotopic (exact) mass is 388 g/mol. The lowest BCUT2D eigenvalue weighted by Crippen LogP contribution is -2.21. The molecule has 3 aromatic carbocycles. The fraction of sp³-hybridized carbons (Fsp3) is 0.250. The van der Waals surface area contributed by atoms with Gasteiger partial charge in [-0.05, 0) is 56.3 Å². The lowest BCUT2D eigenvalue weighted by atomic mass is 10.1. The van der Waals surface area contributed by atoms with E-state index in [1.54, 1.807) is 0 Å². The Morgan fingerprint density at radius 1 is 0.821 bits per heavy atom. The Bertz CT molecular complexity index is 875. The SMILES string of the molecule is CCOC(OCC)c1ccc(N(c2ccccc2)c2ccc(C)cc2)c([Si])c1. The number of anilines is 3. The number of benzene rings is 3. The zero-order chi connectivity index (χ0) is 19.9. The number of rotatable bonds is 8. The summed E-state index contributed by atoms with van der Waals surface area (Å²) in [5, 5.41) is 0.978. The fourth-order valence-electron chi connectivity index (χ4n) is 3.14. The molecular formula is C24H26NO2Si. The Morgan fingerprint density at radius 2 is 1.43 bits per heavy atom. The standard InChI is InChI=1S/C24H26NO2Si/c1-4-26-24(27-5-2)19-13-16-22(23(28)17-19)25(20-9-7-6-8-10-20)21-14-11-18(3)12-15-21/h6-17,24H,4-5H2,1-3H3. The number of aryl methyl sites for hydroxylation is 1. The van der Waals surface area contributed by atoms with Crippen LogP contribution in [-0.4, -0.2) is 23.5 Å². The Balaban J connectivity index is 2.04. The molecule has 0 N–H and O–H groups in total. The lowest BCUT2D eigenvalue weighted by molar-refractivity contribution is -0.140. The van der Waals surface area contributed by atoms with Gasteiger partial charge in [0.05, 0.1) is 10.2 Å². The molecule has 3 radical (unpaired) electrons. The van der Waals surface area contributed by atoms with Crippen molar-refractivity contribution < 1.29 is 9.47 Å². The van der Waals surface area contributed by atoms with Gasteiger partial charge in [-0.3, -0.25) is 0 Å². The summed E-state index contributed by atoms with van der Waals surface area (Å²) in [5.41, 5.74) is 5.50. The molecule has 0 atom stereocenters. The van der Waals surface area contributed by atoms with E-state index < -0.39 is 0 Å². The molecule has 0 aliphatic heterocycles. The summed E-state index contributed by atoms with van der Waals surface area (Å²) < 4.78 is 11.5. The minimum atomic E-state index is -0.358. The van der Waals surface area contributed by atoms with E-state index in [4.69, 9.17) is 9.47 Å². The van der Waals surface area contributed by atoms with Gasteiger partial charge >= 0.3 is 0 Å². The van der Waals surface area contributed by atoms with Crippen LogP contribution in [0.2, 0.25) is 0 Å². The van der Waals surface area contributed by atoms with Crippen molar-refractivity contribution in [3.8, 4) is 0 Å². The Kier molecular flexibility index (Phi) is 7.04. The van der Waals surface area contributed by atoms with Crippen molar-refractivity contribution >= 4 is 32.5 Å². The van der Waals surface area contributed by atoms with Crippen molar-refractivity contribution in [2.75, 3.05) is 18.1 Å². The molecule has 4 heteroatoms. The number of hydrogen-bond donors (Lipinski definition) is 0. The van der Waals surface area contributed by atoms with Crippen LogP contribution in [0.25, 0.3) is 0 Å². The zero-order valence-electron chi connectivity index (χ0n) is 16.7. The van der Waals surface area contributed by atoms with Crippen molar-refractivity contribution in [3.63, 3.8) is 0 Å². The summed E-state index contributed by atoms with van der Waals surface area (Å²) in [4.78, 5) is 2.24. The average molecular weight is 389 g/mol. The maximum absolute atomic E-state index is 5.75. The second-order valence-electron chi connectivity index (χ2n) is 6.53. The van der Waals surface area contributed by atoms with Crippen LogP contribution in [0.15, 0.2) is 72.8 Å². The summed E-state index contributed by atoms with van der Waals surface area (Å²) in [6, 6.07) is 25.2. The predicted molar refractivity (Wildman–Crippen MR) is 117 cm³/mol. The van der Waals surface area contributed by atoms with E-state index in [0.717, 1.165) is 27.8 Å². The van der Waals surface area contributed by atoms with Gasteiger partial charge in [0.25, 0.3) is 0 Å². The molecule has 0 aromatic heterocycles. The Labute approximate surface area is 171 Å². The molecule has 3 nitrogen and oxygen atoms in total. The second kappa shape index (κ2) is 9.69. The molecular weight excluding hydrogens is 362 g/mol. The third-order valence-electron chi connectivity index (χ3n) is 4.48. The van der Waals surface area contributed by atoms with Gasteiger partial charge in [0.2, 0.25) is 0 Å². The van der Waals surface area contributed by atoms with Crippen LogP contribution in [0, 0.1) is 6.92 Å². The maximum atomic E-state index is 5.75. The first-order chi connectivity index (χ1) is 13.6. The summed E-state index contributed by atoms with van der Waals surface area (Å²) in [5.74, 6) is 0. The summed E-state index contributed by atoms with van der Waals surface area (Å²) >= 11 is 0. The van der Waals surface area contributed by atoms with E-state index in [9.17, 15) is 0 Å².